The molecule has 154 valence electrons. The highest BCUT2D eigenvalue weighted by Gasteiger charge is 2.08. The predicted octanol–water partition coefficient (Wildman–Crippen LogP) is 4.40. The third-order valence-corrected chi connectivity index (χ3v) is 5.11. The van der Waals surface area contributed by atoms with Crippen LogP contribution in [-0.4, -0.2) is 20.9 Å². The maximum absolute atomic E-state index is 12.1. The van der Waals surface area contributed by atoms with Gasteiger partial charge in [-0.25, -0.2) is 13.1 Å². The van der Waals surface area contributed by atoms with Crippen LogP contribution >= 0.6 is 0 Å². The third kappa shape index (κ3) is 7.20. The van der Waals surface area contributed by atoms with Gasteiger partial charge in [0.05, 0.1) is 0 Å². The number of hydrogen-bond acceptors (Lipinski definition) is 4. The van der Waals surface area contributed by atoms with Crippen molar-refractivity contribution < 1.29 is 17.9 Å². The van der Waals surface area contributed by atoms with E-state index in [4.69, 9.17) is 4.74 Å². The van der Waals surface area contributed by atoms with Crippen LogP contribution in [0.4, 0.5) is 5.69 Å². The highest BCUT2D eigenvalue weighted by atomic mass is 32.2. The van der Waals surface area contributed by atoms with Gasteiger partial charge in [-0.15, -0.1) is 0 Å². The molecule has 0 saturated heterocycles. The van der Waals surface area contributed by atoms with Gasteiger partial charge >= 0.3 is 0 Å². The second-order valence-corrected chi connectivity index (χ2v) is 8.04. The Kier molecular flexibility index (Phi) is 7.37. The van der Waals surface area contributed by atoms with E-state index in [1.807, 2.05) is 48.5 Å². The molecule has 3 aromatic carbocycles. The summed E-state index contributed by atoms with van der Waals surface area (Å²) in [5.41, 5.74) is 1.38. The Hall–Kier alpha value is -3.42. The van der Waals surface area contributed by atoms with E-state index < -0.39 is 10.0 Å². The molecule has 0 unspecified atom stereocenters. The SMILES string of the molecule is O=C(CCNS(=O)(=O)/C=C/c1ccccc1)Nc1ccc(Oc2ccccc2)cc1. The number of rotatable bonds is 9. The Morgan fingerprint density at radius 1 is 0.833 bits per heavy atom. The minimum Gasteiger partial charge on any atom is -0.457 e. The Morgan fingerprint density at radius 3 is 2.10 bits per heavy atom. The van der Waals surface area contributed by atoms with Gasteiger partial charge in [-0.1, -0.05) is 48.5 Å². The van der Waals surface area contributed by atoms with E-state index in [9.17, 15) is 13.2 Å². The van der Waals surface area contributed by atoms with Crippen molar-refractivity contribution in [2.45, 2.75) is 6.42 Å². The Balaban J connectivity index is 1.43. The normalized spacial score (nSPS) is 11.3. The average molecular weight is 423 g/mol. The van der Waals surface area contributed by atoms with Crippen LogP contribution in [0.2, 0.25) is 0 Å². The van der Waals surface area contributed by atoms with Crippen molar-refractivity contribution >= 4 is 27.7 Å². The predicted molar refractivity (Wildman–Crippen MR) is 119 cm³/mol. The largest absolute Gasteiger partial charge is 0.457 e. The first-order chi connectivity index (χ1) is 14.5. The fourth-order valence-electron chi connectivity index (χ4n) is 2.54. The number of sulfonamides is 1. The molecule has 2 N–H and O–H groups in total. The molecule has 3 rings (SSSR count). The van der Waals surface area contributed by atoms with Gasteiger partial charge in [0.15, 0.2) is 0 Å². The van der Waals surface area contributed by atoms with Crippen LogP contribution in [0.3, 0.4) is 0 Å². The van der Waals surface area contributed by atoms with Crippen molar-refractivity contribution in [1.29, 1.82) is 0 Å². The lowest BCUT2D eigenvalue weighted by molar-refractivity contribution is -0.116. The van der Waals surface area contributed by atoms with E-state index in [2.05, 4.69) is 10.0 Å². The highest BCUT2D eigenvalue weighted by Crippen LogP contribution is 2.22. The minimum atomic E-state index is -3.61. The third-order valence-electron chi connectivity index (χ3n) is 4.01. The van der Waals surface area contributed by atoms with Gasteiger partial charge in [-0.3, -0.25) is 4.79 Å². The number of hydrogen-bond donors (Lipinski definition) is 2. The van der Waals surface area contributed by atoms with E-state index in [-0.39, 0.29) is 18.9 Å². The van der Waals surface area contributed by atoms with Crippen molar-refractivity contribution in [3.05, 3.63) is 95.9 Å². The van der Waals surface area contributed by atoms with Crippen LogP contribution < -0.4 is 14.8 Å². The summed E-state index contributed by atoms with van der Waals surface area (Å²) in [5, 5.41) is 3.82. The maximum atomic E-state index is 12.1. The first-order valence-electron chi connectivity index (χ1n) is 9.36. The molecule has 0 aromatic heterocycles. The minimum absolute atomic E-state index is 0.00248. The van der Waals surface area contributed by atoms with E-state index in [1.54, 1.807) is 36.4 Å². The Bertz CT molecular complexity index is 1080. The zero-order chi connectivity index (χ0) is 21.2. The molecular formula is C23H22N2O4S. The molecule has 0 saturated carbocycles. The number of nitrogens with one attached hydrogen (secondary N) is 2. The molecule has 0 fully saturated rings. The molecule has 0 bridgehead atoms. The summed E-state index contributed by atoms with van der Waals surface area (Å²) < 4.78 is 32.1. The summed E-state index contributed by atoms with van der Waals surface area (Å²) >= 11 is 0. The number of carbonyl (C=O) groups excluding carboxylic acids is 1. The van der Waals surface area contributed by atoms with Gasteiger partial charge < -0.3 is 10.1 Å². The van der Waals surface area contributed by atoms with Crippen molar-refractivity contribution in [2.75, 3.05) is 11.9 Å². The lowest BCUT2D eigenvalue weighted by atomic mass is 10.2. The van der Waals surface area contributed by atoms with Gasteiger partial charge in [0.2, 0.25) is 15.9 Å². The summed E-state index contributed by atoms with van der Waals surface area (Å²) in [4.78, 5) is 12.1. The Labute approximate surface area is 176 Å². The van der Waals surface area contributed by atoms with Crippen LogP contribution in [0.1, 0.15) is 12.0 Å². The number of amides is 1. The fourth-order valence-corrected chi connectivity index (χ4v) is 3.36. The topological polar surface area (TPSA) is 84.5 Å². The van der Waals surface area contributed by atoms with E-state index in [0.717, 1.165) is 16.7 Å². The van der Waals surface area contributed by atoms with Gasteiger partial charge in [0, 0.05) is 24.1 Å². The standard InChI is InChI=1S/C23H22N2O4S/c26-23(15-17-24-30(27,28)18-16-19-7-3-1-4-8-19)25-20-11-13-22(14-12-20)29-21-9-5-2-6-10-21/h1-14,16,18,24H,15,17H2,(H,25,26)/b18-16+. The van der Waals surface area contributed by atoms with E-state index >= 15 is 0 Å². The molecule has 0 heterocycles. The molecule has 0 aliphatic heterocycles. The first kappa shape index (κ1) is 21.3. The zero-order valence-electron chi connectivity index (χ0n) is 16.2. The Morgan fingerprint density at radius 2 is 1.43 bits per heavy atom. The summed E-state index contributed by atoms with van der Waals surface area (Å²) in [6, 6.07) is 25.4. The summed E-state index contributed by atoms with van der Waals surface area (Å²) in [7, 11) is -3.61. The van der Waals surface area contributed by atoms with Crippen LogP contribution in [0.5, 0.6) is 11.5 Å². The summed E-state index contributed by atoms with van der Waals surface area (Å²) in [6.07, 6.45) is 1.52. The van der Waals surface area contributed by atoms with Gasteiger partial charge in [0.1, 0.15) is 11.5 Å². The lowest BCUT2D eigenvalue weighted by Crippen LogP contribution is -2.26. The monoisotopic (exact) mass is 422 g/mol. The average Bonchev–Trinajstić information content (AvgIpc) is 2.75. The number of benzene rings is 3. The maximum Gasteiger partial charge on any atom is 0.233 e. The second-order valence-electron chi connectivity index (χ2n) is 6.39. The number of ether oxygens (including phenoxy) is 1. The molecular weight excluding hydrogens is 400 g/mol. The van der Waals surface area contributed by atoms with Crippen LogP contribution in [-0.2, 0) is 14.8 Å². The number of carbonyl (C=O) groups is 1. The van der Waals surface area contributed by atoms with E-state index in [1.165, 1.54) is 6.08 Å². The van der Waals surface area contributed by atoms with Crippen LogP contribution in [0, 0.1) is 0 Å². The molecule has 30 heavy (non-hydrogen) atoms. The van der Waals surface area contributed by atoms with Crippen molar-refractivity contribution in [1.82, 2.24) is 4.72 Å². The highest BCUT2D eigenvalue weighted by molar-refractivity contribution is 7.92. The van der Waals surface area contributed by atoms with Crippen molar-refractivity contribution in [3.63, 3.8) is 0 Å². The molecule has 0 atom stereocenters. The number of anilines is 1. The molecule has 0 radical (unpaired) electrons. The lowest BCUT2D eigenvalue weighted by Gasteiger charge is -2.08. The van der Waals surface area contributed by atoms with Crippen LogP contribution in [0.15, 0.2) is 90.3 Å². The van der Waals surface area contributed by atoms with Crippen molar-refractivity contribution in [3.8, 4) is 11.5 Å². The smallest absolute Gasteiger partial charge is 0.233 e. The summed E-state index contributed by atoms with van der Waals surface area (Å²) in [6.45, 7) is 0.00248. The molecule has 1 amide bonds. The quantitative estimate of drug-likeness (QED) is 0.535. The molecule has 0 spiro atoms. The molecule has 0 aliphatic rings. The zero-order valence-corrected chi connectivity index (χ0v) is 17.0. The van der Waals surface area contributed by atoms with Gasteiger partial charge in [0.25, 0.3) is 0 Å². The van der Waals surface area contributed by atoms with Gasteiger partial charge in [-0.05, 0) is 48.0 Å². The fraction of sp³-hybridized carbons (Fsp3) is 0.0870. The van der Waals surface area contributed by atoms with Gasteiger partial charge in [-0.2, -0.15) is 0 Å². The first-order valence-corrected chi connectivity index (χ1v) is 10.9. The second kappa shape index (κ2) is 10.4. The molecule has 0 aliphatic carbocycles. The molecule has 7 heteroatoms. The van der Waals surface area contributed by atoms with E-state index in [0.29, 0.717) is 11.4 Å². The van der Waals surface area contributed by atoms with Crippen LogP contribution in [0.25, 0.3) is 6.08 Å². The molecule has 3 aromatic rings. The van der Waals surface area contributed by atoms with Crippen molar-refractivity contribution in [2.24, 2.45) is 0 Å². The number of para-hydroxylation sites is 1. The molecule has 6 nitrogen and oxygen atoms in total. The summed E-state index contributed by atoms with van der Waals surface area (Å²) in [5.74, 6) is 1.08.